The van der Waals surface area contributed by atoms with Crippen LogP contribution in [-0.2, 0) is 5.41 Å². The molecule has 0 radical (unpaired) electrons. The van der Waals surface area contributed by atoms with Crippen LogP contribution < -0.4 is 10.2 Å². The first-order valence-corrected chi connectivity index (χ1v) is 8.85. The van der Waals surface area contributed by atoms with Gasteiger partial charge in [-0.2, -0.15) is 10.1 Å². The van der Waals surface area contributed by atoms with Gasteiger partial charge in [-0.1, -0.05) is 51.8 Å². The van der Waals surface area contributed by atoms with E-state index in [1.54, 1.807) is 6.20 Å². The Morgan fingerprint density at radius 1 is 1.00 bits per heavy atom. The average Bonchev–Trinajstić information content (AvgIpc) is 2.84. The quantitative estimate of drug-likeness (QED) is 0.912. The smallest absolute Gasteiger partial charge is 0.249 e. The van der Waals surface area contributed by atoms with Crippen LogP contribution in [0, 0.1) is 0 Å². The molecule has 3 rings (SSSR count). The van der Waals surface area contributed by atoms with Crippen LogP contribution in [0.5, 0.6) is 0 Å². The Morgan fingerprint density at radius 2 is 1.71 bits per heavy atom. The fourth-order valence-electron chi connectivity index (χ4n) is 3.17. The first-order chi connectivity index (χ1) is 11.5. The van der Waals surface area contributed by atoms with Crippen molar-refractivity contribution in [2.24, 2.45) is 0 Å². The number of para-hydroxylation sites is 1. The number of hydrogen-bond donors (Lipinski definition) is 1. The minimum absolute atomic E-state index is 0.0550. The van der Waals surface area contributed by atoms with Crippen molar-refractivity contribution in [3.8, 4) is 0 Å². The minimum atomic E-state index is 0.0550. The number of aromatic nitrogens is 3. The number of benzene rings is 1. The number of rotatable bonds is 3. The highest BCUT2D eigenvalue weighted by atomic mass is 15.3. The Labute approximate surface area is 144 Å². The second-order valence-corrected chi connectivity index (χ2v) is 7.46. The van der Waals surface area contributed by atoms with Crippen LogP contribution in [0.2, 0.25) is 0 Å². The van der Waals surface area contributed by atoms with Crippen molar-refractivity contribution in [1.82, 2.24) is 15.2 Å². The summed E-state index contributed by atoms with van der Waals surface area (Å²) < 4.78 is 0. The lowest BCUT2D eigenvalue weighted by atomic mass is 9.86. The number of hydrogen-bond acceptors (Lipinski definition) is 5. The first kappa shape index (κ1) is 16.7. The van der Waals surface area contributed by atoms with Crippen LogP contribution in [0.1, 0.15) is 52.0 Å². The van der Waals surface area contributed by atoms with Crippen LogP contribution in [0.4, 0.5) is 17.5 Å². The fraction of sp³-hybridized carbons (Fsp3) is 0.526. The average molecular weight is 325 g/mol. The summed E-state index contributed by atoms with van der Waals surface area (Å²) in [4.78, 5) is 7.02. The highest BCUT2D eigenvalue weighted by molar-refractivity contribution is 5.61. The molecule has 1 aromatic heterocycles. The number of anilines is 3. The van der Waals surface area contributed by atoms with E-state index in [4.69, 9.17) is 4.98 Å². The van der Waals surface area contributed by atoms with Gasteiger partial charge in [0.15, 0.2) is 5.82 Å². The van der Waals surface area contributed by atoms with Gasteiger partial charge in [-0.25, -0.2) is 0 Å². The molecule has 1 fully saturated rings. The molecule has 1 aromatic carbocycles. The first-order valence-electron chi connectivity index (χ1n) is 8.85. The van der Waals surface area contributed by atoms with Crippen LogP contribution in [0.25, 0.3) is 0 Å². The van der Waals surface area contributed by atoms with Crippen molar-refractivity contribution in [3.05, 3.63) is 36.0 Å². The van der Waals surface area contributed by atoms with Crippen LogP contribution in [-0.4, -0.2) is 28.3 Å². The van der Waals surface area contributed by atoms with Gasteiger partial charge in [0, 0.05) is 18.8 Å². The summed E-state index contributed by atoms with van der Waals surface area (Å²) >= 11 is 0. The summed E-state index contributed by atoms with van der Waals surface area (Å²) in [7, 11) is 0. The zero-order chi connectivity index (χ0) is 17.0. The molecule has 5 nitrogen and oxygen atoms in total. The van der Waals surface area contributed by atoms with Gasteiger partial charge in [0.1, 0.15) is 0 Å². The summed E-state index contributed by atoms with van der Waals surface area (Å²) in [5, 5.41) is 11.7. The van der Waals surface area contributed by atoms with E-state index in [2.05, 4.69) is 59.4 Å². The van der Waals surface area contributed by atoms with Crippen molar-refractivity contribution >= 4 is 17.5 Å². The van der Waals surface area contributed by atoms with Gasteiger partial charge in [0.25, 0.3) is 0 Å². The van der Waals surface area contributed by atoms with Crippen LogP contribution >= 0.6 is 0 Å². The van der Waals surface area contributed by atoms with Gasteiger partial charge in [0.2, 0.25) is 5.95 Å². The maximum Gasteiger partial charge on any atom is 0.249 e. The van der Waals surface area contributed by atoms with E-state index in [0.717, 1.165) is 24.6 Å². The number of nitrogens with zero attached hydrogens (tertiary/aromatic N) is 4. The van der Waals surface area contributed by atoms with E-state index in [9.17, 15) is 0 Å². The normalized spacial score (nSPS) is 15.9. The van der Waals surface area contributed by atoms with Gasteiger partial charge < -0.3 is 10.2 Å². The summed E-state index contributed by atoms with van der Waals surface area (Å²) in [6.45, 7) is 8.73. The van der Waals surface area contributed by atoms with Gasteiger partial charge in [0.05, 0.1) is 6.20 Å². The topological polar surface area (TPSA) is 53.9 Å². The molecule has 1 N–H and O–H groups in total. The molecule has 2 aromatic rings. The monoisotopic (exact) mass is 325 g/mol. The zero-order valence-electron chi connectivity index (χ0n) is 14.9. The third-order valence-electron chi connectivity index (χ3n) is 4.46. The third kappa shape index (κ3) is 4.02. The lowest BCUT2D eigenvalue weighted by Crippen LogP contribution is -2.25. The third-order valence-corrected chi connectivity index (χ3v) is 4.46. The summed E-state index contributed by atoms with van der Waals surface area (Å²) in [6.07, 6.45) is 6.82. The molecule has 5 heteroatoms. The lowest BCUT2D eigenvalue weighted by molar-refractivity contribution is 0.592. The van der Waals surface area contributed by atoms with Gasteiger partial charge >= 0.3 is 0 Å². The van der Waals surface area contributed by atoms with Crippen molar-refractivity contribution in [3.63, 3.8) is 0 Å². The summed E-state index contributed by atoms with van der Waals surface area (Å²) in [5.41, 5.74) is 2.34. The van der Waals surface area contributed by atoms with E-state index in [1.165, 1.54) is 31.2 Å². The van der Waals surface area contributed by atoms with Gasteiger partial charge in [-0.15, -0.1) is 5.10 Å². The van der Waals surface area contributed by atoms with E-state index in [1.807, 2.05) is 6.07 Å². The van der Waals surface area contributed by atoms with E-state index >= 15 is 0 Å². The predicted octanol–water partition coefficient (Wildman–Crippen LogP) is 4.29. The van der Waals surface area contributed by atoms with Crippen LogP contribution in [0.3, 0.4) is 0 Å². The second kappa shape index (κ2) is 7.16. The molecule has 0 atom stereocenters. The Morgan fingerprint density at radius 3 is 2.42 bits per heavy atom. The van der Waals surface area contributed by atoms with Crippen LogP contribution in [0.15, 0.2) is 30.5 Å². The van der Waals surface area contributed by atoms with E-state index in [0.29, 0.717) is 5.95 Å². The molecule has 24 heavy (non-hydrogen) atoms. The maximum atomic E-state index is 4.70. The van der Waals surface area contributed by atoms with Crippen molar-refractivity contribution in [2.45, 2.75) is 51.9 Å². The molecular weight excluding hydrogens is 298 g/mol. The predicted molar refractivity (Wildman–Crippen MR) is 98.9 cm³/mol. The van der Waals surface area contributed by atoms with Crippen molar-refractivity contribution < 1.29 is 0 Å². The Hall–Kier alpha value is -2.17. The Bertz CT molecular complexity index is 669. The van der Waals surface area contributed by atoms with Gasteiger partial charge in [-0.05, 0) is 29.9 Å². The highest BCUT2D eigenvalue weighted by Crippen LogP contribution is 2.30. The lowest BCUT2D eigenvalue weighted by Gasteiger charge is -2.23. The molecule has 0 spiro atoms. The minimum Gasteiger partial charge on any atom is -0.355 e. The zero-order valence-corrected chi connectivity index (χ0v) is 14.9. The summed E-state index contributed by atoms with van der Waals surface area (Å²) in [5.74, 6) is 1.48. The molecule has 0 bridgehead atoms. The van der Waals surface area contributed by atoms with E-state index < -0.39 is 0 Å². The molecule has 1 aliphatic rings. The largest absolute Gasteiger partial charge is 0.355 e. The fourth-order valence-corrected chi connectivity index (χ4v) is 3.17. The molecule has 0 amide bonds. The second-order valence-electron chi connectivity index (χ2n) is 7.46. The Kier molecular flexibility index (Phi) is 4.97. The SMILES string of the molecule is CC(C)(C)c1ccccc1Nc1nncc(N2CCCCCC2)n1. The standard InChI is InChI=1S/C19H27N5/c1-19(2,3)15-10-6-7-11-16(15)21-18-22-17(14-20-23-18)24-12-8-4-5-9-13-24/h6-7,10-11,14H,4-5,8-9,12-13H2,1-3H3,(H,21,22,23). The highest BCUT2D eigenvalue weighted by Gasteiger charge is 2.18. The molecule has 128 valence electrons. The molecule has 1 aliphatic heterocycles. The molecule has 0 aliphatic carbocycles. The molecular formula is C19H27N5. The molecule has 0 unspecified atom stereocenters. The molecule has 1 saturated heterocycles. The molecule has 2 heterocycles. The van der Waals surface area contributed by atoms with E-state index in [-0.39, 0.29) is 5.41 Å². The van der Waals surface area contributed by atoms with Gasteiger partial charge in [-0.3, -0.25) is 0 Å². The summed E-state index contributed by atoms with van der Waals surface area (Å²) in [6, 6.07) is 8.32. The maximum absolute atomic E-state index is 4.70. The number of nitrogens with one attached hydrogen (secondary N) is 1. The van der Waals surface area contributed by atoms with Crippen molar-refractivity contribution in [1.29, 1.82) is 0 Å². The Balaban J connectivity index is 1.83. The molecule has 0 saturated carbocycles. The van der Waals surface area contributed by atoms with Crippen molar-refractivity contribution in [2.75, 3.05) is 23.3 Å².